The fourth-order valence-corrected chi connectivity index (χ4v) is 2.34. The summed E-state index contributed by atoms with van der Waals surface area (Å²) >= 11 is 0. The number of esters is 1. The molecule has 1 aromatic heterocycles. The molecule has 0 saturated carbocycles. The first kappa shape index (κ1) is 17.9. The molecule has 1 heterocycles. The minimum absolute atomic E-state index is 0.0780. The second-order valence-corrected chi connectivity index (χ2v) is 7.34. The van der Waals surface area contributed by atoms with Gasteiger partial charge < -0.3 is 10.1 Å². The van der Waals surface area contributed by atoms with E-state index in [-0.39, 0.29) is 23.4 Å². The zero-order valence-electron chi connectivity index (χ0n) is 14.8. The number of benzene rings is 1. The van der Waals surface area contributed by atoms with Crippen LogP contribution in [0.4, 0.5) is 5.82 Å². The summed E-state index contributed by atoms with van der Waals surface area (Å²) in [6, 6.07) is 7.03. The fourth-order valence-electron chi connectivity index (χ4n) is 2.34. The van der Waals surface area contributed by atoms with Crippen molar-refractivity contribution in [3.63, 3.8) is 0 Å². The number of hydrogen-bond donors (Lipinski definition) is 1. The minimum atomic E-state index is -0.359. The summed E-state index contributed by atoms with van der Waals surface area (Å²) in [6.07, 6.45) is 1.86. The largest absolute Gasteiger partial charge is 0.459 e. The Hall–Kier alpha value is -2.43. The SMILES string of the molecule is CC(C)OC(=O)c1ccc2c(NC(=O)CC(C)(C)C)nccc2c1. The molecule has 0 radical (unpaired) electrons. The number of aromatic nitrogens is 1. The quantitative estimate of drug-likeness (QED) is 0.855. The number of nitrogens with zero attached hydrogens (tertiary/aromatic N) is 1. The molecule has 24 heavy (non-hydrogen) atoms. The Morgan fingerprint density at radius 2 is 1.92 bits per heavy atom. The van der Waals surface area contributed by atoms with Gasteiger partial charge >= 0.3 is 5.97 Å². The van der Waals surface area contributed by atoms with Crippen LogP contribution in [0.5, 0.6) is 0 Å². The Kier molecular flexibility index (Phi) is 5.22. The van der Waals surface area contributed by atoms with E-state index < -0.39 is 0 Å². The van der Waals surface area contributed by atoms with Gasteiger partial charge in [-0.05, 0) is 48.9 Å². The molecule has 0 aliphatic rings. The van der Waals surface area contributed by atoms with Crippen LogP contribution in [0.25, 0.3) is 10.8 Å². The maximum absolute atomic E-state index is 12.1. The highest BCUT2D eigenvalue weighted by Gasteiger charge is 2.17. The van der Waals surface area contributed by atoms with Crippen LogP contribution in [0.1, 0.15) is 51.4 Å². The normalized spacial score (nSPS) is 11.6. The Bertz CT molecular complexity index is 761. The van der Waals surface area contributed by atoms with Crippen molar-refractivity contribution in [2.24, 2.45) is 5.41 Å². The fraction of sp³-hybridized carbons (Fsp3) is 0.421. The highest BCUT2D eigenvalue weighted by atomic mass is 16.5. The first-order chi connectivity index (χ1) is 11.2. The van der Waals surface area contributed by atoms with Crippen molar-refractivity contribution in [3.05, 3.63) is 36.0 Å². The molecule has 0 aliphatic heterocycles. The van der Waals surface area contributed by atoms with Gasteiger partial charge in [-0.1, -0.05) is 20.8 Å². The third-order valence-electron chi connectivity index (χ3n) is 3.29. The van der Waals surface area contributed by atoms with Gasteiger partial charge in [-0.3, -0.25) is 4.79 Å². The number of fused-ring (bicyclic) bond motifs is 1. The lowest BCUT2D eigenvalue weighted by molar-refractivity contribution is -0.117. The van der Waals surface area contributed by atoms with Crippen LogP contribution < -0.4 is 5.32 Å². The van der Waals surface area contributed by atoms with Crippen molar-refractivity contribution in [3.8, 4) is 0 Å². The number of pyridine rings is 1. The van der Waals surface area contributed by atoms with Crippen molar-refractivity contribution in [2.75, 3.05) is 5.32 Å². The highest BCUT2D eigenvalue weighted by molar-refractivity contribution is 6.03. The number of carbonyl (C=O) groups excluding carboxylic acids is 2. The highest BCUT2D eigenvalue weighted by Crippen LogP contribution is 2.24. The molecular formula is C19H24N2O3. The van der Waals surface area contributed by atoms with Crippen molar-refractivity contribution >= 4 is 28.5 Å². The summed E-state index contributed by atoms with van der Waals surface area (Å²) in [5.41, 5.74) is 0.386. The molecule has 2 aromatic rings. The second-order valence-electron chi connectivity index (χ2n) is 7.34. The molecule has 0 spiro atoms. The Labute approximate surface area is 142 Å². The smallest absolute Gasteiger partial charge is 0.338 e. The lowest BCUT2D eigenvalue weighted by Crippen LogP contribution is -2.20. The Balaban J connectivity index is 2.27. The van der Waals surface area contributed by atoms with E-state index in [2.05, 4.69) is 10.3 Å². The number of amides is 1. The molecule has 1 aromatic carbocycles. The van der Waals surface area contributed by atoms with Gasteiger partial charge in [0.15, 0.2) is 0 Å². The maximum atomic E-state index is 12.1. The molecule has 2 rings (SSSR count). The molecular weight excluding hydrogens is 304 g/mol. The van der Waals surface area contributed by atoms with Crippen molar-refractivity contribution in [2.45, 2.75) is 47.1 Å². The van der Waals surface area contributed by atoms with Crippen LogP contribution in [-0.4, -0.2) is 23.0 Å². The average molecular weight is 328 g/mol. The number of carbonyl (C=O) groups is 2. The van der Waals surface area contributed by atoms with Crippen LogP contribution in [0, 0.1) is 5.41 Å². The van der Waals surface area contributed by atoms with Crippen LogP contribution in [0.15, 0.2) is 30.5 Å². The molecule has 0 saturated heterocycles. The maximum Gasteiger partial charge on any atom is 0.338 e. The molecule has 0 aliphatic carbocycles. The first-order valence-corrected chi connectivity index (χ1v) is 8.05. The zero-order chi connectivity index (χ0) is 17.9. The number of nitrogens with one attached hydrogen (secondary N) is 1. The Morgan fingerprint density at radius 1 is 1.21 bits per heavy atom. The molecule has 5 nitrogen and oxygen atoms in total. The van der Waals surface area contributed by atoms with Gasteiger partial charge in [0.05, 0.1) is 11.7 Å². The van der Waals surface area contributed by atoms with Gasteiger partial charge in [0.1, 0.15) is 5.82 Å². The lowest BCUT2D eigenvalue weighted by Gasteiger charge is -2.17. The van der Waals surface area contributed by atoms with Crippen molar-refractivity contribution in [1.29, 1.82) is 0 Å². The summed E-state index contributed by atoms with van der Waals surface area (Å²) in [5.74, 6) is 0.0679. The minimum Gasteiger partial charge on any atom is -0.459 e. The number of ether oxygens (including phenoxy) is 1. The van der Waals surface area contributed by atoms with E-state index in [4.69, 9.17) is 4.74 Å². The van der Waals surface area contributed by atoms with Crippen molar-refractivity contribution in [1.82, 2.24) is 4.98 Å². The number of rotatable bonds is 4. The van der Waals surface area contributed by atoms with Gasteiger partial charge in [0.25, 0.3) is 0 Å². The van der Waals surface area contributed by atoms with E-state index in [0.29, 0.717) is 17.8 Å². The molecule has 1 N–H and O–H groups in total. The predicted molar refractivity (Wildman–Crippen MR) is 95.0 cm³/mol. The van der Waals surface area contributed by atoms with Gasteiger partial charge in [-0.2, -0.15) is 0 Å². The zero-order valence-corrected chi connectivity index (χ0v) is 14.8. The topological polar surface area (TPSA) is 68.3 Å². The van der Waals surface area contributed by atoms with Gasteiger partial charge in [-0.25, -0.2) is 9.78 Å². The average Bonchev–Trinajstić information content (AvgIpc) is 2.44. The van der Waals surface area contributed by atoms with Gasteiger partial charge in [0.2, 0.25) is 5.91 Å². The van der Waals surface area contributed by atoms with E-state index in [1.807, 2.05) is 34.6 Å². The van der Waals surface area contributed by atoms with E-state index >= 15 is 0 Å². The molecule has 0 bridgehead atoms. The summed E-state index contributed by atoms with van der Waals surface area (Å²) in [4.78, 5) is 28.4. The summed E-state index contributed by atoms with van der Waals surface area (Å²) < 4.78 is 5.21. The van der Waals surface area contributed by atoms with E-state index in [1.165, 1.54) is 0 Å². The summed E-state index contributed by atoms with van der Waals surface area (Å²) in [6.45, 7) is 9.65. The van der Waals surface area contributed by atoms with Crippen LogP contribution >= 0.6 is 0 Å². The lowest BCUT2D eigenvalue weighted by atomic mass is 9.92. The van der Waals surface area contributed by atoms with E-state index in [9.17, 15) is 9.59 Å². The summed E-state index contributed by atoms with van der Waals surface area (Å²) in [5, 5.41) is 4.48. The first-order valence-electron chi connectivity index (χ1n) is 8.05. The molecule has 5 heteroatoms. The molecule has 128 valence electrons. The number of hydrogen-bond acceptors (Lipinski definition) is 4. The molecule has 1 amide bonds. The third kappa shape index (κ3) is 4.78. The molecule has 0 unspecified atom stereocenters. The standard InChI is InChI=1S/C19H24N2O3/c1-12(2)24-18(23)14-6-7-15-13(10-14)8-9-20-17(15)21-16(22)11-19(3,4)5/h6-10,12H,11H2,1-5H3,(H,20,21,22). The predicted octanol–water partition coefficient (Wildman–Crippen LogP) is 4.17. The third-order valence-corrected chi connectivity index (χ3v) is 3.29. The van der Waals surface area contributed by atoms with Crippen LogP contribution in [-0.2, 0) is 9.53 Å². The van der Waals surface area contributed by atoms with Crippen LogP contribution in [0.2, 0.25) is 0 Å². The van der Waals surface area contributed by atoms with Gasteiger partial charge in [-0.15, -0.1) is 0 Å². The Morgan fingerprint density at radius 3 is 2.54 bits per heavy atom. The number of anilines is 1. The van der Waals surface area contributed by atoms with Crippen molar-refractivity contribution < 1.29 is 14.3 Å². The summed E-state index contributed by atoms with van der Waals surface area (Å²) in [7, 11) is 0. The monoisotopic (exact) mass is 328 g/mol. The van der Waals surface area contributed by atoms with Crippen LogP contribution in [0.3, 0.4) is 0 Å². The van der Waals surface area contributed by atoms with Gasteiger partial charge in [0, 0.05) is 18.0 Å². The second kappa shape index (κ2) is 6.99. The van der Waals surface area contributed by atoms with E-state index in [1.54, 1.807) is 30.5 Å². The molecule has 0 fully saturated rings. The molecule has 0 atom stereocenters. The van der Waals surface area contributed by atoms with E-state index in [0.717, 1.165) is 10.8 Å².